The smallest absolute Gasteiger partial charge is 0.231 e. The number of hydrogen-bond donors (Lipinski definition) is 1. The minimum atomic E-state index is -1.10. The maximum Gasteiger partial charge on any atom is 0.231 e. The minimum Gasteiger partial charge on any atom is -0.428 e. The van der Waals surface area contributed by atoms with Gasteiger partial charge in [-0.2, -0.15) is 0 Å². The molecule has 0 aromatic carbocycles. The van der Waals surface area contributed by atoms with E-state index in [0.29, 0.717) is 0 Å². The van der Waals surface area contributed by atoms with Crippen LogP contribution in [-0.2, 0) is 0 Å². The van der Waals surface area contributed by atoms with Crippen molar-refractivity contribution in [1.29, 1.82) is 0 Å². The number of rotatable bonds is 4. The predicted octanol–water partition coefficient (Wildman–Crippen LogP) is 1.89. The van der Waals surface area contributed by atoms with Crippen molar-refractivity contribution in [2.75, 3.05) is 0 Å². The van der Waals surface area contributed by atoms with E-state index in [1.54, 1.807) is 0 Å². The second-order valence-corrected chi connectivity index (χ2v) is 3.80. The fourth-order valence-electron chi connectivity index (χ4n) is 0.576. The third-order valence-corrected chi connectivity index (χ3v) is 1.80. The first-order valence-electron chi connectivity index (χ1n) is 3.46. The summed E-state index contributed by atoms with van der Waals surface area (Å²) in [6, 6.07) is 0. The first-order chi connectivity index (χ1) is 4.27. The Morgan fingerprint density at radius 3 is 2.67 bits per heavy atom. The molecule has 0 atom stereocenters. The van der Waals surface area contributed by atoms with Gasteiger partial charge in [-0.05, 0) is 13.0 Å². The van der Waals surface area contributed by atoms with E-state index in [9.17, 15) is 0 Å². The van der Waals surface area contributed by atoms with E-state index in [2.05, 4.69) is 13.0 Å². The number of unbranched alkanes of at least 4 members (excludes halogenated alkanes) is 2. The molecule has 0 saturated heterocycles. The van der Waals surface area contributed by atoms with Crippen LogP contribution >= 0.6 is 0 Å². The number of hydrogen-bond acceptors (Lipinski definition) is 1. The van der Waals surface area contributed by atoms with Crippen LogP contribution in [0.3, 0.4) is 0 Å². The summed E-state index contributed by atoms with van der Waals surface area (Å²) in [4.78, 5) is 8.87. The monoisotopic (exact) mass is 143 g/mol. The van der Waals surface area contributed by atoms with Gasteiger partial charge in [0.1, 0.15) is 0 Å². The summed E-state index contributed by atoms with van der Waals surface area (Å²) in [5.74, 6) is 0. The summed E-state index contributed by atoms with van der Waals surface area (Å²) in [5, 5.41) is 0. The van der Waals surface area contributed by atoms with Gasteiger partial charge >= 0.3 is 0 Å². The van der Waals surface area contributed by atoms with Crippen LogP contribution in [0.4, 0.5) is 0 Å². The van der Waals surface area contributed by atoms with Crippen LogP contribution in [-0.4, -0.2) is 13.8 Å². The molecule has 0 rings (SSSR count). The van der Waals surface area contributed by atoms with Crippen LogP contribution in [0.15, 0.2) is 11.8 Å². The van der Waals surface area contributed by atoms with Gasteiger partial charge in [0.05, 0.1) is 0 Å². The van der Waals surface area contributed by atoms with Crippen LogP contribution in [0.5, 0.6) is 0 Å². The maximum atomic E-state index is 8.87. The third kappa shape index (κ3) is 7.92. The van der Waals surface area contributed by atoms with E-state index >= 15 is 0 Å². The molecule has 0 heterocycles. The van der Waals surface area contributed by atoms with Crippen molar-refractivity contribution in [3.63, 3.8) is 0 Å². The van der Waals surface area contributed by atoms with Crippen molar-refractivity contribution < 1.29 is 4.80 Å². The van der Waals surface area contributed by atoms with Gasteiger partial charge in [0.25, 0.3) is 0 Å². The first-order valence-corrected chi connectivity index (χ1v) is 5.49. The van der Waals surface area contributed by atoms with Gasteiger partial charge in [0.15, 0.2) is 0 Å². The van der Waals surface area contributed by atoms with Crippen molar-refractivity contribution >= 4 is 9.04 Å². The fraction of sp³-hybridized carbons (Fsp3) is 0.714. The molecule has 0 aliphatic rings. The summed E-state index contributed by atoms with van der Waals surface area (Å²) in [5.41, 5.74) is 1.93. The highest BCUT2D eigenvalue weighted by Crippen LogP contribution is 1.94. The molecule has 0 fully saturated rings. The molecule has 0 unspecified atom stereocenters. The van der Waals surface area contributed by atoms with Gasteiger partial charge in [-0.1, -0.05) is 31.5 Å². The van der Waals surface area contributed by atoms with Crippen LogP contribution in [0.25, 0.3) is 0 Å². The van der Waals surface area contributed by atoms with Crippen LogP contribution in [0, 0.1) is 0 Å². The van der Waals surface area contributed by atoms with E-state index in [1.165, 1.54) is 12.8 Å². The highest BCUT2D eigenvalue weighted by atomic mass is 28.3. The molecule has 0 aromatic rings. The Balaban J connectivity index is 3.04. The molecule has 0 aliphatic carbocycles. The topological polar surface area (TPSA) is 20.2 Å². The van der Waals surface area contributed by atoms with E-state index in [1.807, 2.05) is 12.2 Å². The van der Waals surface area contributed by atoms with Gasteiger partial charge in [-0.25, -0.2) is 0 Å². The van der Waals surface area contributed by atoms with Gasteiger partial charge in [-0.3, -0.25) is 0 Å². The molecular weight excluding hydrogens is 128 g/mol. The lowest BCUT2D eigenvalue weighted by Gasteiger charge is -1.89. The zero-order valence-electron chi connectivity index (χ0n) is 6.22. The molecule has 1 N–H and O–H groups in total. The van der Waals surface area contributed by atoms with E-state index in [4.69, 9.17) is 4.80 Å². The van der Waals surface area contributed by atoms with E-state index in [0.717, 1.165) is 6.42 Å². The fourth-order valence-corrected chi connectivity index (χ4v) is 1.08. The molecular formula is C7H15OSi. The molecule has 0 spiro atoms. The lowest BCUT2D eigenvalue weighted by molar-refractivity contribution is 0.592. The van der Waals surface area contributed by atoms with E-state index < -0.39 is 9.04 Å². The molecule has 0 aromatic heterocycles. The normalized spacial score (nSPS) is 11.6. The van der Waals surface area contributed by atoms with Crippen molar-refractivity contribution in [2.24, 2.45) is 0 Å². The Kier molecular flexibility index (Phi) is 5.99. The molecule has 0 saturated carbocycles. The van der Waals surface area contributed by atoms with Gasteiger partial charge in [-0.15, -0.1) is 0 Å². The van der Waals surface area contributed by atoms with Crippen molar-refractivity contribution in [2.45, 2.75) is 32.7 Å². The molecule has 0 bridgehead atoms. The summed E-state index contributed by atoms with van der Waals surface area (Å²) in [7, 11) is -1.10. The van der Waals surface area contributed by atoms with Crippen LogP contribution in [0.2, 0.25) is 6.55 Å². The standard InChI is InChI=1S/C7H15OSi/c1-3-4-5-6-7-9(2)8/h6-8H,3-5H2,1-2H3/b7-6+. The van der Waals surface area contributed by atoms with Gasteiger partial charge in [0.2, 0.25) is 9.04 Å². The largest absolute Gasteiger partial charge is 0.428 e. The lowest BCUT2D eigenvalue weighted by atomic mass is 10.2. The molecule has 0 aliphatic heterocycles. The quantitative estimate of drug-likeness (QED) is 0.470. The van der Waals surface area contributed by atoms with Crippen LogP contribution < -0.4 is 0 Å². The highest BCUT2D eigenvalue weighted by molar-refractivity contribution is 6.54. The Morgan fingerprint density at radius 2 is 2.22 bits per heavy atom. The Labute approximate surface area is 59.1 Å². The van der Waals surface area contributed by atoms with Crippen molar-refractivity contribution in [1.82, 2.24) is 0 Å². The average Bonchev–Trinajstić information content (AvgIpc) is 1.80. The van der Waals surface area contributed by atoms with Crippen LogP contribution in [0.1, 0.15) is 26.2 Å². The maximum absolute atomic E-state index is 8.87. The van der Waals surface area contributed by atoms with Crippen molar-refractivity contribution in [3.8, 4) is 0 Å². The first kappa shape index (κ1) is 8.92. The zero-order valence-corrected chi connectivity index (χ0v) is 7.22. The lowest BCUT2D eigenvalue weighted by Crippen LogP contribution is -1.98. The Morgan fingerprint density at radius 1 is 1.56 bits per heavy atom. The summed E-state index contributed by atoms with van der Waals surface area (Å²) >= 11 is 0. The third-order valence-electron chi connectivity index (χ3n) is 1.08. The molecule has 53 valence electrons. The Hall–Kier alpha value is -0.0831. The predicted molar refractivity (Wildman–Crippen MR) is 42.5 cm³/mol. The molecule has 9 heavy (non-hydrogen) atoms. The van der Waals surface area contributed by atoms with Gasteiger partial charge < -0.3 is 4.80 Å². The zero-order chi connectivity index (χ0) is 7.11. The highest BCUT2D eigenvalue weighted by Gasteiger charge is 1.88. The molecule has 2 heteroatoms. The average molecular weight is 143 g/mol. The number of allylic oxidation sites excluding steroid dienone is 1. The van der Waals surface area contributed by atoms with Crippen molar-refractivity contribution in [3.05, 3.63) is 11.8 Å². The molecule has 1 radical (unpaired) electrons. The second-order valence-electron chi connectivity index (χ2n) is 2.19. The van der Waals surface area contributed by atoms with E-state index in [-0.39, 0.29) is 0 Å². The Bertz CT molecular complexity index is 79.0. The minimum absolute atomic E-state index is 1.10. The summed E-state index contributed by atoms with van der Waals surface area (Å²) in [6.07, 6.45) is 5.68. The molecule has 0 amide bonds. The molecule has 1 nitrogen and oxygen atoms in total. The SMILES string of the molecule is CCCC/C=C/[Si](C)O. The summed E-state index contributed by atoms with van der Waals surface area (Å²) in [6.45, 7) is 4.04. The van der Waals surface area contributed by atoms with Gasteiger partial charge in [0, 0.05) is 0 Å². The second kappa shape index (κ2) is 6.04. The summed E-state index contributed by atoms with van der Waals surface area (Å²) < 4.78 is 0.